The van der Waals surface area contributed by atoms with Crippen molar-refractivity contribution in [1.82, 2.24) is 5.32 Å². The average Bonchev–Trinajstić information content (AvgIpc) is 1.82. The van der Waals surface area contributed by atoms with E-state index in [4.69, 9.17) is 10.5 Å². The predicted molar refractivity (Wildman–Crippen MR) is 45.9 cm³/mol. The highest BCUT2D eigenvalue weighted by atomic mass is 32.1. The van der Waals surface area contributed by atoms with E-state index in [1.807, 2.05) is 6.92 Å². The van der Waals surface area contributed by atoms with Gasteiger partial charge >= 0.3 is 0 Å². The first-order valence-electron chi connectivity index (χ1n) is 3.21. The first kappa shape index (κ1) is 9.65. The Labute approximate surface area is 66.9 Å². The molecule has 0 amide bonds. The van der Waals surface area contributed by atoms with Gasteiger partial charge in [-0.2, -0.15) is 0 Å². The Morgan fingerprint density at radius 2 is 2.40 bits per heavy atom. The van der Waals surface area contributed by atoms with E-state index in [2.05, 4.69) is 17.5 Å². The van der Waals surface area contributed by atoms with Crippen LogP contribution in [0.4, 0.5) is 0 Å². The van der Waals surface area contributed by atoms with Crippen LogP contribution in [-0.4, -0.2) is 24.9 Å². The van der Waals surface area contributed by atoms with Gasteiger partial charge in [-0.1, -0.05) is 0 Å². The molecule has 0 aliphatic carbocycles. The molecule has 1 unspecified atom stereocenters. The molecule has 4 heteroatoms. The van der Waals surface area contributed by atoms with Crippen LogP contribution >= 0.6 is 12.2 Å². The number of nitrogens with two attached hydrogens (primary N) is 1. The summed E-state index contributed by atoms with van der Waals surface area (Å²) in [7, 11) is 1.67. The fraction of sp³-hybridized carbons (Fsp3) is 0.833. The van der Waals surface area contributed by atoms with Crippen molar-refractivity contribution in [3.05, 3.63) is 0 Å². The van der Waals surface area contributed by atoms with Crippen LogP contribution in [0.3, 0.4) is 0 Å². The van der Waals surface area contributed by atoms with Gasteiger partial charge in [-0.25, -0.2) is 0 Å². The zero-order valence-corrected chi connectivity index (χ0v) is 7.20. The maximum atomic E-state index is 5.24. The second-order valence-corrected chi connectivity index (χ2v) is 2.63. The molecule has 3 nitrogen and oxygen atoms in total. The fourth-order valence-corrected chi connectivity index (χ4v) is 0.811. The van der Waals surface area contributed by atoms with Crippen LogP contribution in [0.1, 0.15) is 13.3 Å². The third-order valence-corrected chi connectivity index (χ3v) is 1.26. The minimum absolute atomic E-state index is 0.303. The number of nitrogens with one attached hydrogen (secondary N) is 1. The Morgan fingerprint density at radius 1 is 1.80 bits per heavy atom. The molecule has 0 radical (unpaired) electrons. The van der Waals surface area contributed by atoms with Crippen LogP contribution in [-0.2, 0) is 4.74 Å². The fourth-order valence-electron chi connectivity index (χ4n) is 0.610. The van der Waals surface area contributed by atoms with Gasteiger partial charge in [0.1, 0.15) is 0 Å². The summed E-state index contributed by atoms with van der Waals surface area (Å²) in [4.78, 5) is 0. The lowest BCUT2D eigenvalue weighted by Crippen LogP contribution is -2.37. The lowest BCUT2D eigenvalue weighted by molar-refractivity contribution is 0.187. The van der Waals surface area contributed by atoms with Crippen LogP contribution in [0, 0.1) is 0 Å². The van der Waals surface area contributed by atoms with Crippen molar-refractivity contribution in [2.45, 2.75) is 19.4 Å². The first-order chi connectivity index (χ1) is 4.66. The van der Waals surface area contributed by atoms with Gasteiger partial charge in [0.05, 0.1) is 0 Å². The zero-order chi connectivity index (χ0) is 7.98. The van der Waals surface area contributed by atoms with Crippen molar-refractivity contribution in [2.24, 2.45) is 5.73 Å². The molecule has 10 heavy (non-hydrogen) atoms. The minimum Gasteiger partial charge on any atom is -0.385 e. The summed E-state index contributed by atoms with van der Waals surface area (Å²) in [5.41, 5.74) is 5.24. The molecule has 60 valence electrons. The number of thiocarbonyl (C=S) groups is 1. The van der Waals surface area contributed by atoms with Crippen molar-refractivity contribution >= 4 is 17.3 Å². The van der Waals surface area contributed by atoms with E-state index in [1.165, 1.54) is 0 Å². The molecule has 0 saturated carbocycles. The van der Waals surface area contributed by atoms with Crippen LogP contribution in [0.5, 0.6) is 0 Å². The van der Waals surface area contributed by atoms with Crippen molar-refractivity contribution < 1.29 is 4.74 Å². The number of hydrogen-bond acceptors (Lipinski definition) is 2. The summed E-state index contributed by atoms with van der Waals surface area (Å²) < 4.78 is 4.87. The summed E-state index contributed by atoms with van der Waals surface area (Å²) in [5.74, 6) is 0. The molecule has 0 bridgehead atoms. The molecule has 0 heterocycles. The van der Waals surface area contributed by atoms with Gasteiger partial charge in [-0.15, -0.1) is 0 Å². The standard InChI is InChI=1S/C6H14N2OS/c1-5(3-4-9-2)8-6(7)10/h5H,3-4H2,1-2H3,(H3,7,8,10). The summed E-state index contributed by atoms with van der Waals surface area (Å²) in [6, 6.07) is 0.303. The van der Waals surface area contributed by atoms with Gasteiger partial charge < -0.3 is 15.8 Å². The van der Waals surface area contributed by atoms with Gasteiger partial charge in [-0.05, 0) is 25.6 Å². The normalized spacial score (nSPS) is 12.6. The average molecular weight is 162 g/mol. The maximum absolute atomic E-state index is 5.24. The van der Waals surface area contributed by atoms with Crippen molar-refractivity contribution in [3.63, 3.8) is 0 Å². The van der Waals surface area contributed by atoms with Gasteiger partial charge in [0.2, 0.25) is 0 Å². The van der Waals surface area contributed by atoms with Crippen LogP contribution in [0.15, 0.2) is 0 Å². The Balaban J connectivity index is 3.25. The monoisotopic (exact) mass is 162 g/mol. The minimum atomic E-state index is 0.303. The highest BCUT2D eigenvalue weighted by molar-refractivity contribution is 7.80. The molecule has 0 aromatic heterocycles. The third-order valence-electron chi connectivity index (χ3n) is 1.14. The van der Waals surface area contributed by atoms with Crippen LogP contribution < -0.4 is 11.1 Å². The number of hydrogen-bond donors (Lipinski definition) is 2. The molecular formula is C6H14N2OS. The molecule has 0 aliphatic rings. The summed E-state index contributed by atoms with van der Waals surface area (Å²) in [6.07, 6.45) is 0.924. The second-order valence-electron chi connectivity index (χ2n) is 2.19. The van der Waals surface area contributed by atoms with Gasteiger partial charge in [0.15, 0.2) is 5.11 Å². The quantitative estimate of drug-likeness (QED) is 0.582. The van der Waals surface area contributed by atoms with E-state index in [9.17, 15) is 0 Å². The molecule has 1 atom stereocenters. The third kappa shape index (κ3) is 5.78. The Hall–Kier alpha value is -0.350. The van der Waals surface area contributed by atoms with E-state index < -0.39 is 0 Å². The molecule has 0 spiro atoms. The largest absolute Gasteiger partial charge is 0.385 e. The molecule has 0 aliphatic heterocycles. The predicted octanol–water partition coefficient (Wildman–Crippen LogP) is 0.245. The SMILES string of the molecule is COCCC(C)NC(N)=S. The number of methoxy groups -OCH3 is 1. The van der Waals surface area contributed by atoms with E-state index in [1.54, 1.807) is 7.11 Å². The van der Waals surface area contributed by atoms with E-state index in [0.717, 1.165) is 13.0 Å². The molecule has 3 N–H and O–H groups in total. The highest BCUT2D eigenvalue weighted by Gasteiger charge is 1.99. The Bertz CT molecular complexity index is 108. The first-order valence-corrected chi connectivity index (χ1v) is 3.62. The second kappa shape index (κ2) is 5.44. The maximum Gasteiger partial charge on any atom is 0.163 e. The molecule has 0 aromatic rings. The molecule has 0 saturated heterocycles. The summed E-state index contributed by atoms with van der Waals surface area (Å²) >= 11 is 4.65. The zero-order valence-electron chi connectivity index (χ0n) is 6.39. The molecule has 0 fully saturated rings. The van der Waals surface area contributed by atoms with Gasteiger partial charge in [0.25, 0.3) is 0 Å². The van der Waals surface area contributed by atoms with Crippen LogP contribution in [0.25, 0.3) is 0 Å². The summed E-state index contributed by atoms with van der Waals surface area (Å²) in [5, 5.41) is 3.26. The molecular weight excluding hydrogens is 148 g/mol. The lowest BCUT2D eigenvalue weighted by atomic mass is 10.2. The van der Waals surface area contributed by atoms with Crippen molar-refractivity contribution in [3.8, 4) is 0 Å². The topological polar surface area (TPSA) is 47.3 Å². The summed E-state index contributed by atoms with van der Waals surface area (Å²) in [6.45, 7) is 2.74. The smallest absolute Gasteiger partial charge is 0.163 e. The van der Waals surface area contributed by atoms with Crippen molar-refractivity contribution in [2.75, 3.05) is 13.7 Å². The van der Waals surface area contributed by atoms with E-state index >= 15 is 0 Å². The van der Waals surface area contributed by atoms with E-state index in [0.29, 0.717) is 11.2 Å². The highest BCUT2D eigenvalue weighted by Crippen LogP contribution is 1.88. The van der Waals surface area contributed by atoms with Gasteiger partial charge in [-0.3, -0.25) is 0 Å². The lowest BCUT2D eigenvalue weighted by Gasteiger charge is -2.11. The molecule has 0 aromatic carbocycles. The Morgan fingerprint density at radius 3 is 2.80 bits per heavy atom. The number of rotatable bonds is 4. The van der Waals surface area contributed by atoms with E-state index in [-0.39, 0.29) is 0 Å². The van der Waals surface area contributed by atoms with Gasteiger partial charge in [0, 0.05) is 19.8 Å². The van der Waals surface area contributed by atoms with Crippen molar-refractivity contribution in [1.29, 1.82) is 0 Å². The Kier molecular flexibility index (Phi) is 5.25. The number of ether oxygens (including phenoxy) is 1. The van der Waals surface area contributed by atoms with Crippen LogP contribution in [0.2, 0.25) is 0 Å². The molecule has 0 rings (SSSR count).